The van der Waals surface area contributed by atoms with Gasteiger partial charge in [-0.3, -0.25) is 0 Å². The summed E-state index contributed by atoms with van der Waals surface area (Å²) in [5, 5.41) is 0. The van der Waals surface area contributed by atoms with Crippen LogP contribution in [0.1, 0.15) is 37.3 Å². The number of aryl methyl sites for hydroxylation is 2. The quantitative estimate of drug-likeness (QED) is 0.767. The highest BCUT2D eigenvalue weighted by Crippen LogP contribution is 2.19. The van der Waals surface area contributed by atoms with Crippen molar-refractivity contribution in [2.45, 2.75) is 45.6 Å². The zero-order valence-corrected chi connectivity index (χ0v) is 15.5. The molecule has 0 aromatic heterocycles. The Morgan fingerprint density at radius 1 is 1.22 bits per heavy atom. The van der Waals surface area contributed by atoms with Gasteiger partial charge in [0.1, 0.15) is 0 Å². The summed E-state index contributed by atoms with van der Waals surface area (Å²) in [7, 11) is -3.08. The molecule has 23 heavy (non-hydrogen) atoms. The molecule has 0 radical (unpaired) electrons. The molecule has 0 spiro atoms. The minimum absolute atomic E-state index is 0.183. The summed E-state index contributed by atoms with van der Waals surface area (Å²) in [6.07, 6.45) is 5.51. The first-order valence-electron chi connectivity index (χ1n) is 8.65. The van der Waals surface area contributed by atoms with Crippen LogP contribution in [-0.4, -0.2) is 56.1 Å². The third-order valence-electron chi connectivity index (χ3n) is 4.88. The van der Waals surface area contributed by atoms with Crippen molar-refractivity contribution >= 4 is 10.0 Å². The maximum atomic E-state index is 11.8. The first-order valence-corrected chi connectivity index (χ1v) is 10.5. The van der Waals surface area contributed by atoms with Gasteiger partial charge in [0.15, 0.2) is 0 Å². The fourth-order valence-electron chi connectivity index (χ4n) is 3.58. The van der Waals surface area contributed by atoms with Gasteiger partial charge < -0.3 is 4.90 Å². The van der Waals surface area contributed by atoms with Crippen LogP contribution in [-0.2, 0) is 16.4 Å². The molecular formula is C18H30N2O2S. The Balaban J connectivity index is 1.76. The van der Waals surface area contributed by atoms with Crippen molar-refractivity contribution in [2.75, 3.05) is 32.4 Å². The van der Waals surface area contributed by atoms with Gasteiger partial charge in [0.25, 0.3) is 0 Å². The van der Waals surface area contributed by atoms with Crippen LogP contribution in [0.15, 0.2) is 24.3 Å². The molecule has 5 heteroatoms. The standard InChI is InChI=1S/C18H30N2O2S/c1-4-20(23(3,21)22)18-11-14-19(15-12-18)13-7-10-17-9-6-5-8-16(17)2/h5-6,8-9,18H,4,7,10-15H2,1-3H3. The van der Waals surface area contributed by atoms with E-state index in [0.717, 1.165) is 38.9 Å². The highest BCUT2D eigenvalue weighted by atomic mass is 32.2. The molecule has 4 nitrogen and oxygen atoms in total. The topological polar surface area (TPSA) is 40.6 Å². The summed E-state index contributed by atoms with van der Waals surface area (Å²) in [6.45, 7) is 7.79. The lowest BCUT2D eigenvalue weighted by Crippen LogP contribution is -2.47. The largest absolute Gasteiger partial charge is 0.303 e. The maximum Gasteiger partial charge on any atom is 0.211 e. The van der Waals surface area contributed by atoms with Crippen molar-refractivity contribution in [3.05, 3.63) is 35.4 Å². The van der Waals surface area contributed by atoms with Crippen LogP contribution in [0.25, 0.3) is 0 Å². The van der Waals surface area contributed by atoms with Crippen molar-refractivity contribution in [1.82, 2.24) is 9.21 Å². The molecule has 0 bridgehead atoms. The van der Waals surface area contributed by atoms with E-state index in [4.69, 9.17) is 0 Å². The van der Waals surface area contributed by atoms with E-state index in [2.05, 4.69) is 36.1 Å². The number of piperidine rings is 1. The Morgan fingerprint density at radius 3 is 2.43 bits per heavy atom. The number of nitrogens with zero attached hydrogens (tertiary/aromatic N) is 2. The van der Waals surface area contributed by atoms with Gasteiger partial charge in [-0.25, -0.2) is 8.42 Å². The van der Waals surface area contributed by atoms with Crippen LogP contribution in [0.5, 0.6) is 0 Å². The first-order chi connectivity index (χ1) is 10.9. The Labute approximate surface area is 141 Å². The number of benzene rings is 1. The van der Waals surface area contributed by atoms with E-state index in [-0.39, 0.29) is 6.04 Å². The molecule has 0 N–H and O–H groups in total. The minimum atomic E-state index is -3.08. The molecule has 0 aliphatic carbocycles. The summed E-state index contributed by atoms with van der Waals surface area (Å²) >= 11 is 0. The number of hydrogen-bond acceptors (Lipinski definition) is 3. The summed E-state index contributed by atoms with van der Waals surface area (Å²) < 4.78 is 25.3. The Bertz CT molecular complexity index is 593. The van der Waals surface area contributed by atoms with Gasteiger partial charge in [-0.15, -0.1) is 0 Å². The highest BCUT2D eigenvalue weighted by molar-refractivity contribution is 7.88. The highest BCUT2D eigenvalue weighted by Gasteiger charge is 2.28. The van der Waals surface area contributed by atoms with Gasteiger partial charge in [-0.05, 0) is 63.4 Å². The van der Waals surface area contributed by atoms with Gasteiger partial charge >= 0.3 is 0 Å². The van der Waals surface area contributed by atoms with E-state index in [0.29, 0.717) is 6.54 Å². The molecule has 1 aliphatic heterocycles. The van der Waals surface area contributed by atoms with E-state index in [1.807, 2.05) is 6.92 Å². The second kappa shape index (κ2) is 8.27. The molecule has 1 saturated heterocycles. The monoisotopic (exact) mass is 338 g/mol. The van der Waals surface area contributed by atoms with Crippen molar-refractivity contribution in [3.8, 4) is 0 Å². The molecule has 1 fully saturated rings. The first kappa shape index (κ1) is 18.4. The van der Waals surface area contributed by atoms with Gasteiger partial charge in [-0.2, -0.15) is 4.31 Å². The normalized spacial score (nSPS) is 17.7. The number of likely N-dealkylation sites (tertiary alicyclic amines) is 1. The second-order valence-electron chi connectivity index (χ2n) is 6.57. The molecule has 1 aliphatic rings. The predicted molar refractivity (Wildman–Crippen MR) is 96.2 cm³/mol. The van der Waals surface area contributed by atoms with Gasteiger partial charge in [0.2, 0.25) is 10.0 Å². The lowest BCUT2D eigenvalue weighted by molar-refractivity contribution is 0.160. The molecule has 0 atom stereocenters. The number of rotatable bonds is 7. The van der Waals surface area contributed by atoms with Crippen LogP contribution < -0.4 is 0 Å². The van der Waals surface area contributed by atoms with Crippen LogP contribution >= 0.6 is 0 Å². The van der Waals surface area contributed by atoms with Gasteiger partial charge in [-0.1, -0.05) is 31.2 Å². The smallest absolute Gasteiger partial charge is 0.211 e. The van der Waals surface area contributed by atoms with Gasteiger partial charge in [0.05, 0.1) is 6.26 Å². The molecule has 1 aromatic rings. The summed E-state index contributed by atoms with van der Waals surface area (Å²) in [4.78, 5) is 2.48. The third-order valence-corrected chi connectivity index (χ3v) is 6.29. The molecular weight excluding hydrogens is 308 g/mol. The van der Waals surface area contributed by atoms with E-state index in [1.165, 1.54) is 23.8 Å². The maximum absolute atomic E-state index is 11.8. The average Bonchev–Trinajstić information content (AvgIpc) is 2.50. The molecule has 2 rings (SSSR count). The predicted octanol–water partition coefficient (Wildman–Crippen LogP) is 2.67. The fraction of sp³-hybridized carbons (Fsp3) is 0.667. The van der Waals surface area contributed by atoms with Crippen molar-refractivity contribution < 1.29 is 8.42 Å². The van der Waals surface area contributed by atoms with E-state index in [9.17, 15) is 8.42 Å². The molecule has 1 heterocycles. The van der Waals surface area contributed by atoms with E-state index < -0.39 is 10.0 Å². The lowest BCUT2D eigenvalue weighted by Gasteiger charge is -2.36. The van der Waals surface area contributed by atoms with Gasteiger partial charge in [0, 0.05) is 12.6 Å². The second-order valence-corrected chi connectivity index (χ2v) is 8.50. The summed E-state index contributed by atoms with van der Waals surface area (Å²) in [6, 6.07) is 8.77. The minimum Gasteiger partial charge on any atom is -0.303 e. The van der Waals surface area contributed by atoms with Crippen LogP contribution in [0, 0.1) is 6.92 Å². The number of sulfonamides is 1. The Morgan fingerprint density at radius 2 is 1.87 bits per heavy atom. The van der Waals surface area contributed by atoms with Crippen molar-refractivity contribution in [1.29, 1.82) is 0 Å². The number of hydrogen-bond donors (Lipinski definition) is 0. The van der Waals surface area contributed by atoms with E-state index >= 15 is 0 Å². The molecule has 0 saturated carbocycles. The average molecular weight is 339 g/mol. The molecule has 0 amide bonds. The molecule has 130 valence electrons. The van der Waals surface area contributed by atoms with Crippen LogP contribution in [0.3, 0.4) is 0 Å². The summed E-state index contributed by atoms with van der Waals surface area (Å²) in [5.74, 6) is 0. The molecule has 0 unspecified atom stereocenters. The van der Waals surface area contributed by atoms with Crippen LogP contribution in [0.4, 0.5) is 0 Å². The SMILES string of the molecule is CCN(C1CCN(CCCc2ccccc2C)CC1)S(C)(=O)=O. The fourth-order valence-corrected chi connectivity index (χ4v) is 4.80. The zero-order chi connectivity index (χ0) is 16.9. The molecule has 1 aromatic carbocycles. The Kier molecular flexibility index (Phi) is 6.62. The van der Waals surface area contributed by atoms with Crippen LogP contribution in [0.2, 0.25) is 0 Å². The zero-order valence-electron chi connectivity index (χ0n) is 14.7. The Hall–Kier alpha value is -0.910. The van der Waals surface area contributed by atoms with Crippen molar-refractivity contribution in [3.63, 3.8) is 0 Å². The van der Waals surface area contributed by atoms with Crippen molar-refractivity contribution in [2.24, 2.45) is 0 Å². The lowest BCUT2D eigenvalue weighted by atomic mass is 10.0. The van der Waals surface area contributed by atoms with E-state index in [1.54, 1.807) is 4.31 Å². The third kappa shape index (κ3) is 5.30. The summed E-state index contributed by atoms with van der Waals surface area (Å²) in [5.41, 5.74) is 2.81.